The number of likely N-dealkylation sites (tertiary alicyclic amines) is 1. The van der Waals surface area contributed by atoms with Crippen molar-refractivity contribution in [3.63, 3.8) is 0 Å². The standard InChI is InChI=1S/C17H23BrFNO/c18-15-6-5-14(19)11-13(15)12-16(21)17(7-1-2-8-17)20-9-3-4-10-20/h5-6,11,16,21H,1-4,7-10,12H2. The van der Waals surface area contributed by atoms with E-state index < -0.39 is 6.10 Å². The first-order chi connectivity index (χ1) is 10.1. The highest BCUT2D eigenvalue weighted by Crippen LogP contribution is 2.41. The first-order valence-electron chi connectivity index (χ1n) is 7.99. The fourth-order valence-corrected chi connectivity index (χ4v) is 4.52. The average Bonchev–Trinajstić information content (AvgIpc) is 3.13. The maximum atomic E-state index is 13.5. The van der Waals surface area contributed by atoms with E-state index in [0.717, 1.165) is 36.0 Å². The van der Waals surface area contributed by atoms with E-state index in [0.29, 0.717) is 6.42 Å². The Kier molecular flexibility index (Phi) is 4.67. The van der Waals surface area contributed by atoms with Gasteiger partial charge in [0.15, 0.2) is 0 Å². The van der Waals surface area contributed by atoms with E-state index in [2.05, 4.69) is 20.8 Å². The van der Waals surface area contributed by atoms with Gasteiger partial charge in [-0.05, 0) is 62.5 Å². The molecule has 0 spiro atoms. The van der Waals surface area contributed by atoms with Crippen LogP contribution in [0.4, 0.5) is 4.39 Å². The van der Waals surface area contributed by atoms with Gasteiger partial charge in [-0.15, -0.1) is 0 Å². The van der Waals surface area contributed by atoms with Crippen molar-refractivity contribution in [2.45, 2.75) is 56.6 Å². The fourth-order valence-electron chi connectivity index (χ4n) is 4.11. The molecule has 116 valence electrons. The highest BCUT2D eigenvalue weighted by molar-refractivity contribution is 9.10. The molecule has 0 bridgehead atoms. The van der Waals surface area contributed by atoms with Crippen LogP contribution in [-0.4, -0.2) is 34.7 Å². The Balaban J connectivity index is 1.81. The third-order valence-electron chi connectivity index (χ3n) is 5.25. The molecule has 2 aliphatic rings. The summed E-state index contributed by atoms with van der Waals surface area (Å²) in [7, 11) is 0. The highest BCUT2D eigenvalue weighted by Gasteiger charge is 2.46. The Morgan fingerprint density at radius 3 is 2.52 bits per heavy atom. The van der Waals surface area contributed by atoms with Crippen LogP contribution in [0.3, 0.4) is 0 Å². The molecule has 1 saturated heterocycles. The summed E-state index contributed by atoms with van der Waals surface area (Å²) >= 11 is 3.48. The van der Waals surface area contributed by atoms with Crippen molar-refractivity contribution in [3.8, 4) is 0 Å². The Hall–Kier alpha value is -0.450. The Morgan fingerprint density at radius 1 is 1.19 bits per heavy atom. The average molecular weight is 356 g/mol. The molecule has 1 heterocycles. The van der Waals surface area contributed by atoms with Gasteiger partial charge in [-0.3, -0.25) is 4.90 Å². The van der Waals surface area contributed by atoms with Gasteiger partial charge in [-0.2, -0.15) is 0 Å². The van der Waals surface area contributed by atoms with Crippen LogP contribution in [0.15, 0.2) is 22.7 Å². The lowest BCUT2D eigenvalue weighted by Gasteiger charge is -2.43. The summed E-state index contributed by atoms with van der Waals surface area (Å²) in [6.45, 7) is 2.20. The van der Waals surface area contributed by atoms with E-state index >= 15 is 0 Å². The second kappa shape index (κ2) is 6.35. The highest BCUT2D eigenvalue weighted by atomic mass is 79.9. The molecule has 0 radical (unpaired) electrons. The van der Waals surface area contributed by atoms with Gasteiger partial charge in [0.05, 0.1) is 6.10 Å². The molecule has 2 fully saturated rings. The van der Waals surface area contributed by atoms with E-state index in [9.17, 15) is 9.50 Å². The summed E-state index contributed by atoms with van der Waals surface area (Å²) in [6, 6.07) is 4.72. The zero-order valence-corrected chi connectivity index (χ0v) is 13.9. The van der Waals surface area contributed by atoms with E-state index in [1.54, 1.807) is 12.1 Å². The molecule has 21 heavy (non-hydrogen) atoms. The zero-order valence-electron chi connectivity index (χ0n) is 12.3. The number of nitrogens with zero attached hydrogens (tertiary/aromatic N) is 1. The summed E-state index contributed by atoms with van der Waals surface area (Å²) in [5.41, 5.74) is 0.787. The lowest BCUT2D eigenvalue weighted by atomic mass is 9.85. The quantitative estimate of drug-likeness (QED) is 0.885. The third-order valence-corrected chi connectivity index (χ3v) is 6.02. The molecule has 4 heteroatoms. The lowest BCUT2D eigenvalue weighted by molar-refractivity contribution is -0.0173. The number of rotatable bonds is 4. The van der Waals surface area contributed by atoms with E-state index in [1.165, 1.54) is 31.7 Å². The minimum atomic E-state index is -0.420. The molecule has 1 aliphatic carbocycles. The normalized spacial score (nSPS) is 23.6. The molecule has 0 aromatic heterocycles. The van der Waals surface area contributed by atoms with Crippen LogP contribution in [-0.2, 0) is 6.42 Å². The fraction of sp³-hybridized carbons (Fsp3) is 0.647. The van der Waals surface area contributed by atoms with Gasteiger partial charge >= 0.3 is 0 Å². The molecule has 1 atom stereocenters. The second-order valence-corrected chi connectivity index (χ2v) is 7.31. The number of aliphatic hydroxyl groups is 1. The zero-order chi connectivity index (χ0) is 14.9. The van der Waals surface area contributed by atoms with Crippen molar-refractivity contribution in [1.82, 2.24) is 4.90 Å². The SMILES string of the molecule is OC(Cc1cc(F)ccc1Br)C1(N2CCCC2)CCCC1. The first-order valence-corrected chi connectivity index (χ1v) is 8.78. The first kappa shape index (κ1) is 15.4. The van der Waals surface area contributed by atoms with Gasteiger partial charge in [0.2, 0.25) is 0 Å². The Morgan fingerprint density at radius 2 is 1.86 bits per heavy atom. The lowest BCUT2D eigenvalue weighted by Crippen LogP contribution is -2.54. The number of halogens is 2. The van der Waals surface area contributed by atoms with Crippen LogP contribution < -0.4 is 0 Å². The molecular weight excluding hydrogens is 333 g/mol. The molecule has 2 nitrogen and oxygen atoms in total. The molecular formula is C17H23BrFNO. The predicted molar refractivity (Wildman–Crippen MR) is 85.8 cm³/mol. The van der Waals surface area contributed by atoms with E-state index in [-0.39, 0.29) is 11.4 Å². The van der Waals surface area contributed by atoms with Crippen molar-refractivity contribution in [2.24, 2.45) is 0 Å². The topological polar surface area (TPSA) is 23.5 Å². The van der Waals surface area contributed by atoms with Gasteiger partial charge in [-0.1, -0.05) is 28.8 Å². The molecule has 1 aliphatic heterocycles. The largest absolute Gasteiger partial charge is 0.391 e. The second-order valence-electron chi connectivity index (χ2n) is 6.46. The number of benzene rings is 1. The summed E-state index contributed by atoms with van der Waals surface area (Å²) in [5, 5.41) is 10.9. The number of hydrogen-bond acceptors (Lipinski definition) is 2. The Bertz CT molecular complexity index is 496. The maximum Gasteiger partial charge on any atom is 0.123 e. The maximum absolute atomic E-state index is 13.5. The van der Waals surface area contributed by atoms with Crippen molar-refractivity contribution < 1.29 is 9.50 Å². The minimum Gasteiger partial charge on any atom is -0.391 e. The Labute approximate surface area is 134 Å². The molecule has 1 aromatic rings. The monoisotopic (exact) mass is 355 g/mol. The van der Waals surface area contributed by atoms with Crippen LogP contribution in [0.25, 0.3) is 0 Å². The van der Waals surface area contributed by atoms with Gasteiger partial charge < -0.3 is 5.11 Å². The van der Waals surface area contributed by atoms with Crippen LogP contribution in [0.2, 0.25) is 0 Å². The van der Waals surface area contributed by atoms with Gasteiger partial charge in [0, 0.05) is 16.4 Å². The van der Waals surface area contributed by atoms with Crippen LogP contribution in [0, 0.1) is 5.82 Å². The minimum absolute atomic E-state index is 0.0811. The third kappa shape index (κ3) is 3.03. The van der Waals surface area contributed by atoms with Crippen molar-refractivity contribution in [3.05, 3.63) is 34.1 Å². The van der Waals surface area contributed by atoms with Crippen molar-refractivity contribution in [2.75, 3.05) is 13.1 Å². The number of hydrogen-bond donors (Lipinski definition) is 1. The predicted octanol–water partition coefficient (Wildman–Crippen LogP) is 3.90. The molecule has 1 aromatic carbocycles. The summed E-state index contributed by atoms with van der Waals surface area (Å²) in [4.78, 5) is 2.50. The molecule has 3 rings (SSSR count). The van der Waals surface area contributed by atoms with Gasteiger partial charge in [0.1, 0.15) is 5.82 Å². The van der Waals surface area contributed by atoms with Crippen molar-refractivity contribution in [1.29, 1.82) is 0 Å². The molecule has 1 saturated carbocycles. The van der Waals surface area contributed by atoms with Gasteiger partial charge in [0.25, 0.3) is 0 Å². The van der Waals surface area contributed by atoms with Gasteiger partial charge in [-0.25, -0.2) is 4.39 Å². The number of aliphatic hydroxyl groups excluding tert-OH is 1. The molecule has 0 amide bonds. The summed E-state index contributed by atoms with van der Waals surface area (Å²) in [5.74, 6) is -0.234. The molecule has 1 unspecified atom stereocenters. The summed E-state index contributed by atoms with van der Waals surface area (Å²) in [6.07, 6.45) is 7.10. The smallest absolute Gasteiger partial charge is 0.123 e. The van der Waals surface area contributed by atoms with Crippen LogP contribution >= 0.6 is 15.9 Å². The van der Waals surface area contributed by atoms with Crippen LogP contribution in [0.5, 0.6) is 0 Å². The van der Waals surface area contributed by atoms with E-state index in [1.807, 2.05) is 0 Å². The van der Waals surface area contributed by atoms with Crippen molar-refractivity contribution >= 4 is 15.9 Å². The van der Waals surface area contributed by atoms with Crippen LogP contribution in [0.1, 0.15) is 44.1 Å². The summed E-state index contributed by atoms with van der Waals surface area (Å²) < 4.78 is 14.3. The molecule has 1 N–H and O–H groups in total. The van der Waals surface area contributed by atoms with E-state index in [4.69, 9.17) is 0 Å².